The fraction of sp³-hybridized carbons (Fsp3) is 0.444. The standard InChI is InChI=1S/C18H25N3O/c1-12(2)10-19-11-17-18(22)9-15(5)21(20-17)16-7-13(3)6-14(4)8-16/h6-9,12,19H,10-11H2,1-5H3. The number of hydrogen-bond acceptors (Lipinski definition) is 3. The highest BCUT2D eigenvalue weighted by Gasteiger charge is 2.08. The zero-order valence-electron chi connectivity index (χ0n) is 14.1. The SMILES string of the molecule is Cc1cc(C)cc(-n2nc(CNCC(C)C)c(=O)cc2C)c1. The van der Waals surface area contributed by atoms with E-state index in [1.54, 1.807) is 6.07 Å². The Hall–Kier alpha value is -1.94. The average molecular weight is 299 g/mol. The highest BCUT2D eigenvalue weighted by molar-refractivity contribution is 5.39. The minimum absolute atomic E-state index is 0.00520. The van der Waals surface area contributed by atoms with Gasteiger partial charge in [0.1, 0.15) is 5.69 Å². The predicted octanol–water partition coefficient (Wildman–Crippen LogP) is 2.90. The van der Waals surface area contributed by atoms with E-state index in [-0.39, 0.29) is 5.43 Å². The lowest BCUT2D eigenvalue weighted by Gasteiger charge is -2.13. The number of aryl methyl sites for hydroxylation is 3. The van der Waals surface area contributed by atoms with Crippen LogP contribution in [-0.2, 0) is 6.54 Å². The second-order valence-electron chi connectivity index (χ2n) is 6.38. The van der Waals surface area contributed by atoms with E-state index in [0.717, 1.165) is 17.9 Å². The zero-order chi connectivity index (χ0) is 16.3. The van der Waals surface area contributed by atoms with Gasteiger partial charge in [-0.05, 0) is 56.5 Å². The Bertz CT molecular complexity index is 697. The Morgan fingerprint density at radius 2 is 1.73 bits per heavy atom. The van der Waals surface area contributed by atoms with Crippen LogP contribution >= 0.6 is 0 Å². The summed E-state index contributed by atoms with van der Waals surface area (Å²) in [5.41, 5.74) is 4.78. The molecule has 118 valence electrons. The van der Waals surface area contributed by atoms with Gasteiger partial charge in [0.25, 0.3) is 0 Å². The van der Waals surface area contributed by atoms with Crippen LogP contribution in [0.4, 0.5) is 0 Å². The van der Waals surface area contributed by atoms with Gasteiger partial charge >= 0.3 is 0 Å². The molecule has 0 unspecified atom stereocenters. The van der Waals surface area contributed by atoms with Crippen LogP contribution < -0.4 is 10.7 Å². The van der Waals surface area contributed by atoms with Crippen LogP contribution in [-0.4, -0.2) is 16.3 Å². The monoisotopic (exact) mass is 299 g/mol. The third-order valence-electron chi connectivity index (χ3n) is 3.48. The summed E-state index contributed by atoms with van der Waals surface area (Å²) in [5.74, 6) is 0.548. The summed E-state index contributed by atoms with van der Waals surface area (Å²) in [5, 5.41) is 7.85. The second kappa shape index (κ2) is 6.88. The molecule has 0 spiro atoms. The van der Waals surface area contributed by atoms with Gasteiger partial charge < -0.3 is 5.32 Å². The maximum Gasteiger partial charge on any atom is 0.204 e. The fourth-order valence-corrected chi connectivity index (χ4v) is 2.52. The number of nitrogens with zero attached hydrogens (tertiary/aromatic N) is 2. The molecular weight excluding hydrogens is 274 g/mol. The third-order valence-corrected chi connectivity index (χ3v) is 3.48. The highest BCUT2D eigenvalue weighted by atomic mass is 16.1. The third kappa shape index (κ3) is 4.04. The van der Waals surface area contributed by atoms with Crippen molar-refractivity contribution >= 4 is 0 Å². The van der Waals surface area contributed by atoms with Crippen LogP contribution in [0, 0.1) is 26.7 Å². The van der Waals surface area contributed by atoms with E-state index in [0.29, 0.717) is 18.2 Å². The molecular formula is C18H25N3O. The van der Waals surface area contributed by atoms with Crippen molar-refractivity contribution in [2.75, 3.05) is 6.54 Å². The topological polar surface area (TPSA) is 46.9 Å². The van der Waals surface area contributed by atoms with E-state index in [2.05, 4.69) is 56.3 Å². The number of rotatable bonds is 5. The van der Waals surface area contributed by atoms with E-state index in [1.807, 2.05) is 11.6 Å². The maximum atomic E-state index is 12.1. The second-order valence-corrected chi connectivity index (χ2v) is 6.38. The molecule has 0 aliphatic heterocycles. The normalized spacial score (nSPS) is 11.2. The van der Waals surface area contributed by atoms with Gasteiger partial charge in [0, 0.05) is 18.3 Å². The van der Waals surface area contributed by atoms with E-state index in [9.17, 15) is 4.79 Å². The van der Waals surface area contributed by atoms with Gasteiger partial charge in [0.2, 0.25) is 5.43 Å². The lowest BCUT2D eigenvalue weighted by atomic mass is 10.1. The van der Waals surface area contributed by atoms with Gasteiger partial charge in [-0.1, -0.05) is 19.9 Å². The van der Waals surface area contributed by atoms with Crippen LogP contribution in [0.2, 0.25) is 0 Å². The van der Waals surface area contributed by atoms with Gasteiger partial charge in [0.15, 0.2) is 0 Å². The van der Waals surface area contributed by atoms with Crippen LogP contribution in [0.5, 0.6) is 0 Å². The summed E-state index contributed by atoms with van der Waals surface area (Å²) in [6.07, 6.45) is 0. The Balaban J connectivity index is 2.37. The van der Waals surface area contributed by atoms with Crippen LogP contribution in [0.3, 0.4) is 0 Å². The quantitative estimate of drug-likeness (QED) is 0.923. The molecule has 0 aliphatic rings. The smallest absolute Gasteiger partial charge is 0.204 e. The average Bonchev–Trinajstić information content (AvgIpc) is 2.39. The van der Waals surface area contributed by atoms with Crippen LogP contribution in [0.25, 0.3) is 5.69 Å². The summed E-state index contributed by atoms with van der Waals surface area (Å²) in [4.78, 5) is 12.1. The molecule has 0 saturated carbocycles. The van der Waals surface area contributed by atoms with Crippen molar-refractivity contribution in [1.82, 2.24) is 15.1 Å². The molecule has 22 heavy (non-hydrogen) atoms. The summed E-state index contributed by atoms with van der Waals surface area (Å²) >= 11 is 0. The molecule has 0 amide bonds. The highest BCUT2D eigenvalue weighted by Crippen LogP contribution is 2.14. The van der Waals surface area contributed by atoms with Gasteiger partial charge in [-0.25, -0.2) is 4.68 Å². The molecule has 0 atom stereocenters. The number of nitrogens with one attached hydrogen (secondary N) is 1. The molecule has 2 aromatic rings. The van der Waals surface area contributed by atoms with Crippen LogP contribution in [0.15, 0.2) is 29.1 Å². The maximum absolute atomic E-state index is 12.1. The number of aromatic nitrogens is 2. The van der Waals surface area contributed by atoms with E-state index < -0.39 is 0 Å². The van der Waals surface area contributed by atoms with Gasteiger partial charge in [-0.2, -0.15) is 5.10 Å². The first-order valence-electron chi connectivity index (χ1n) is 7.76. The Kier molecular flexibility index (Phi) is 5.14. The van der Waals surface area contributed by atoms with Crippen molar-refractivity contribution in [2.45, 2.75) is 41.2 Å². The molecule has 1 N–H and O–H groups in total. The minimum Gasteiger partial charge on any atom is -0.311 e. The van der Waals surface area contributed by atoms with Crippen molar-refractivity contribution < 1.29 is 0 Å². The molecule has 0 bridgehead atoms. The lowest BCUT2D eigenvalue weighted by Crippen LogP contribution is -2.26. The largest absolute Gasteiger partial charge is 0.311 e. The summed E-state index contributed by atoms with van der Waals surface area (Å²) in [6.45, 7) is 11.7. The minimum atomic E-state index is -0.00520. The van der Waals surface area contributed by atoms with Crippen molar-refractivity contribution in [1.29, 1.82) is 0 Å². The molecule has 4 nitrogen and oxygen atoms in total. The van der Waals surface area contributed by atoms with Gasteiger partial charge in [-0.15, -0.1) is 0 Å². The number of hydrogen-bond donors (Lipinski definition) is 1. The van der Waals surface area contributed by atoms with Crippen LogP contribution in [0.1, 0.15) is 36.4 Å². The fourth-order valence-electron chi connectivity index (χ4n) is 2.52. The molecule has 0 radical (unpaired) electrons. The van der Waals surface area contributed by atoms with Crippen molar-refractivity contribution in [3.8, 4) is 5.69 Å². The molecule has 1 aromatic heterocycles. The summed E-state index contributed by atoms with van der Waals surface area (Å²) < 4.78 is 1.85. The summed E-state index contributed by atoms with van der Waals surface area (Å²) in [7, 11) is 0. The van der Waals surface area contributed by atoms with Crippen molar-refractivity contribution in [3.63, 3.8) is 0 Å². The Morgan fingerprint density at radius 3 is 2.32 bits per heavy atom. The molecule has 4 heteroatoms. The molecule has 1 heterocycles. The van der Waals surface area contributed by atoms with Gasteiger partial charge in [0.05, 0.1) is 5.69 Å². The lowest BCUT2D eigenvalue weighted by molar-refractivity contribution is 0.541. The van der Waals surface area contributed by atoms with Crippen molar-refractivity contribution in [3.05, 3.63) is 57.0 Å². The molecule has 0 fully saturated rings. The molecule has 0 saturated heterocycles. The first-order valence-corrected chi connectivity index (χ1v) is 7.76. The van der Waals surface area contributed by atoms with E-state index >= 15 is 0 Å². The Morgan fingerprint density at radius 1 is 1.09 bits per heavy atom. The Labute approximate surface area is 132 Å². The van der Waals surface area contributed by atoms with Gasteiger partial charge in [-0.3, -0.25) is 4.79 Å². The molecule has 2 rings (SSSR count). The zero-order valence-corrected chi connectivity index (χ0v) is 14.1. The number of benzene rings is 1. The summed E-state index contributed by atoms with van der Waals surface area (Å²) in [6, 6.07) is 7.97. The van der Waals surface area contributed by atoms with E-state index in [1.165, 1.54) is 11.1 Å². The predicted molar refractivity (Wildman–Crippen MR) is 90.6 cm³/mol. The van der Waals surface area contributed by atoms with Crippen molar-refractivity contribution in [2.24, 2.45) is 5.92 Å². The molecule has 1 aromatic carbocycles. The van der Waals surface area contributed by atoms with E-state index in [4.69, 9.17) is 0 Å². The molecule has 0 aliphatic carbocycles. The first kappa shape index (κ1) is 16.4. The first-order chi connectivity index (χ1) is 10.4.